The minimum atomic E-state index is -1.12. The lowest BCUT2D eigenvalue weighted by Gasteiger charge is -1.89. The van der Waals surface area contributed by atoms with Crippen LogP contribution in [0.1, 0.15) is 10.5 Å². The number of hydrogen-bond acceptors (Lipinski definition) is 4. The molecule has 5 nitrogen and oxygen atoms in total. The predicted octanol–water partition coefficient (Wildman–Crippen LogP) is 1.57. The molecule has 2 aromatic heterocycles. The Bertz CT molecular complexity index is 480. The van der Waals surface area contributed by atoms with Gasteiger partial charge < -0.3 is 9.52 Å². The number of rotatable bonds is 1. The van der Waals surface area contributed by atoms with Crippen molar-refractivity contribution in [3.8, 4) is 0 Å². The number of halogens is 1. The average Bonchev–Trinajstić information content (AvgIpc) is 2.42. The van der Waals surface area contributed by atoms with Gasteiger partial charge in [-0.2, -0.15) is 4.98 Å². The maximum absolute atomic E-state index is 10.5. The molecule has 0 aliphatic heterocycles. The summed E-state index contributed by atoms with van der Waals surface area (Å²) in [5.74, 6) is -1.12. The summed E-state index contributed by atoms with van der Waals surface area (Å²) in [6.07, 6.45) is 0. The molecule has 0 saturated carbocycles. The molecular weight excluding hydrogens is 196 g/mol. The maximum atomic E-state index is 10.5. The lowest BCUT2D eigenvalue weighted by atomic mass is 10.3. The fourth-order valence-corrected chi connectivity index (χ4v) is 1.07. The molecule has 1 N–H and O–H groups in total. The summed E-state index contributed by atoms with van der Waals surface area (Å²) >= 11 is 5.45. The van der Waals surface area contributed by atoms with E-state index in [-0.39, 0.29) is 16.8 Å². The first-order chi connectivity index (χ1) is 6.16. The molecule has 0 unspecified atom stereocenters. The zero-order chi connectivity index (χ0) is 9.42. The minimum absolute atomic E-state index is 0.0509. The third-order valence-electron chi connectivity index (χ3n) is 1.45. The van der Waals surface area contributed by atoms with E-state index in [2.05, 4.69) is 9.97 Å². The van der Waals surface area contributed by atoms with Crippen molar-refractivity contribution in [1.29, 1.82) is 0 Å². The highest BCUT2D eigenvalue weighted by Gasteiger charge is 2.09. The van der Waals surface area contributed by atoms with Gasteiger partial charge in [0, 0.05) is 0 Å². The summed E-state index contributed by atoms with van der Waals surface area (Å²) in [5.41, 5.74) is 0.472. The first-order valence-electron chi connectivity index (χ1n) is 3.33. The van der Waals surface area contributed by atoms with Crippen molar-refractivity contribution in [2.45, 2.75) is 0 Å². The van der Waals surface area contributed by atoms with Crippen LogP contribution in [0.2, 0.25) is 5.35 Å². The van der Waals surface area contributed by atoms with Crippen LogP contribution in [0.3, 0.4) is 0 Å². The van der Waals surface area contributed by atoms with Gasteiger partial charge in [0.15, 0.2) is 5.69 Å². The van der Waals surface area contributed by atoms with Crippen LogP contribution < -0.4 is 0 Å². The van der Waals surface area contributed by atoms with Gasteiger partial charge in [0.25, 0.3) is 5.35 Å². The molecule has 0 aromatic carbocycles. The van der Waals surface area contributed by atoms with E-state index in [1.165, 1.54) is 12.1 Å². The van der Waals surface area contributed by atoms with Crippen molar-refractivity contribution in [3.63, 3.8) is 0 Å². The molecule has 0 saturated heterocycles. The smallest absolute Gasteiger partial charge is 0.354 e. The van der Waals surface area contributed by atoms with Crippen LogP contribution in [0.4, 0.5) is 0 Å². The van der Waals surface area contributed by atoms with E-state index < -0.39 is 5.97 Å². The summed E-state index contributed by atoms with van der Waals surface area (Å²) in [7, 11) is 0. The monoisotopic (exact) mass is 198 g/mol. The Balaban J connectivity index is 2.67. The third-order valence-corrected chi connectivity index (χ3v) is 1.61. The molecule has 6 heteroatoms. The number of hydrogen-bond donors (Lipinski definition) is 1. The molecule has 2 rings (SSSR count). The Morgan fingerprint density at radius 1 is 1.46 bits per heavy atom. The molecule has 0 bridgehead atoms. The van der Waals surface area contributed by atoms with Gasteiger partial charge in [-0.1, -0.05) is 0 Å². The Kier molecular flexibility index (Phi) is 1.66. The minimum Gasteiger partial charge on any atom is -0.477 e. The number of oxazole rings is 1. The van der Waals surface area contributed by atoms with Gasteiger partial charge in [-0.3, -0.25) is 0 Å². The number of carboxylic acid groups (broad SMARTS) is 1. The molecule has 66 valence electrons. The highest BCUT2D eigenvalue weighted by atomic mass is 35.5. The van der Waals surface area contributed by atoms with E-state index >= 15 is 0 Å². The number of nitrogens with zero attached hydrogens (tertiary/aromatic N) is 2. The molecule has 2 aromatic rings. The Labute approximate surface area is 77.0 Å². The SMILES string of the molecule is O=C(O)c1ccc2nc(Cl)oc2n1. The molecule has 0 atom stereocenters. The summed E-state index contributed by atoms with van der Waals surface area (Å²) in [4.78, 5) is 17.9. The zero-order valence-electron chi connectivity index (χ0n) is 6.19. The molecular formula is C7H3ClN2O3. The molecule has 0 spiro atoms. The second kappa shape index (κ2) is 2.70. The average molecular weight is 199 g/mol. The van der Waals surface area contributed by atoms with Crippen LogP contribution in [0.5, 0.6) is 0 Å². The Morgan fingerprint density at radius 3 is 2.92 bits per heavy atom. The van der Waals surface area contributed by atoms with Crippen LogP contribution in [0.15, 0.2) is 16.5 Å². The lowest BCUT2D eigenvalue weighted by Crippen LogP contribution is -1.98. The second-order valence-electron chi connectivity index (χ2n) is 2.29. The van der Waals surface area contributed by atoms with E-state index in [9.17, 15) is 4.79 Å². The molecule has 0 aliphatic rings. The first-order valence-corrected chi connectivity index (χ1v) is 3.71. The zero-order valence-corrected chi connectivity index (χ0v) is 6.95. The van der Waals surface area contributed by atoms with Crippen LogP contribution >= 0.6 is 11.6 Å². The van der Waals surface area contributed by atoms with E-state index in [1.54, 1.807) is 0 Å². The molecule has 0 amide bonds. The molecule has 13 heavy (non-hydrogen) atoms. The standard InChI is InChI=1S/C7H3ClN2O3/c8-7-10-3-1-2-4(6(11)12)9-5(3)13-7/h1-2H,(H,11,12). The van der Waals surface area contributed by atoms with Gasteiger partial charge in [-0.25, -0.2) is 9.78 Å². The van der Waals surface area contributed by atoms with E-state index in [4.69, 9.17) is 21.1 Å². The summed E-state index contributed by atoms with van der Waals surface area (Å²) in [5, 5.41) is 8.54. The number of pyridine rings is 1. The van der Waals surface area contributed by atoms with Crippen LogP contribution in [0, 0.1) is 0 Å². The van der Waals surface area contributed by atoms with Crippen molar-refractivity contribution >= 4 is 28.8 Å². The topological polar surface area (TPSA) is 76.2 Å². The lowest BCUT2D eigenvalue weighted by molar-refractivity contribution is 0.0690. The normalized spacial score (nSPS) is 10.5. The maximum Gasteiger partial charge on any atom is 0.354 e. The van der Waals surface area contributed by atoms with E-state index in [0.717, 1.165) is 0 Å². The fraction of sp³-hybridized carbons (Fsp3) is 0. The van der Waals surface area contributed by atoms with Crippen molar-refractivity contribution in [2.75, 3.05) is 0 Å². The number of aromatic carboxylic acids is 1. The van der Waals surface area contributed by atoms with Crippen molar-refractivity contribution < 1.29 is 14.3 Å². The summed E-state index contributed by atoms with van der Waals surface area (Å²) in [6.45, 7) is 0. The van der Waals surface area contributed by atoms with E-state index in [0.29, 0.717) is 5.52 Å². The number of aromatic nitrogens is 2. The summed E-state index contributed by atoms with van der Waals surface area (Å²) < 4.78 is 4.84. The quantitative estimate of drug-likeness (QED) is 0.753. The first kappa shape index (κ1) is 8.00. The van der Waals surface area contributed by atoms with Gasteiger partial charge in [0.2, 0.25) is 5.71 Å². The van der Waals surface area contributed by atoms with Gasteiger partial charge >= 0.3 is 5.97 Å². The van der Waals surface area contributed by atoms with Crippen molar-refractivity contribution in [1.82, 2.24) is 9.97 Å². The van der Waals surface area contributed by atoms with E-state index in [1.807, 2.05) is 0 Å². The van der Waals surface area contributed by atoms with Crippen LogP contribution in [-0.2, 0) is 0 Å². The summed E-state index contributed by atoms with van der Waals surface area (Å²) in [6, 6.07) is 2.82. The van der Waals surface area contributed by atoms with Gasteiger partial charge in [0.1, 0.15) is 5.52 Å². The number of fused-ring (bicyclic) bond motifs is 1. The Morgan fingerprint density at radius 2 is 2.23 bits per heavy atom. The second-order valence-corrected chi connectivity index (χ2v) is 2.62. The number of carbonyl (C=O) groups is 1. The largest absolute Gasteiger partial charge is 0.477 e. The van der Waals surface area contributed by atoms with Crippen LogP contribution in [-0.4, -0.2) is 21.0 Å². The fourth-order valence-electron chi connectivity index (χ4n) is 0.910. The molecule has 2 heterocycles. The number of carboxylic acids is 1. The Hall–Kier alpha value is -1.62. The molecule has 0 radical (unpaired) electrons. The predicted molar refractivity (Wildman–Crippen MR) is 43.8 cm³/mol. The van der Waals surface area contributed by atoms with Crippen molar-refractivity contribution in [3.05, 3.63) is 23.2 Å². The van der Waals surface area contributed by atoms with Gasteiger partial charge in [0.05, 0.1) is 0 Å². The van der Waals surface area contributed by atoms with Gasteiger partial charge in [-0.15, -0.1) is 0 Å². The van der Waals surface area contributed by atoms with Crippen LogP contribution in [0.25, 0.3) is 11.2 Å². The highest BCUT2D eigenvalue weighted by molar-refractivity contribution is 6.28. The molecule has 0 aliphatic carbocycles. The van der Waals surface area contributed by atoms with Crippen molar-refractivity contribution in [2.24, 2.45) is 0 Å². The third kappa shape index (κ3) is 1.33. The highest BCUT2D eigenvalue weighted by Crippen LogP contribution is 2.16. The molecule has 0 fully saturated rings. The van der Waals surface area contributed by atoms with Gasteiger partial charge in [-0.05, 0) is 23.7 Å².